The van der Waals surface area contributed by atoms with Crippen molar-refractivity contribution >= 4 is 39.5 Å². The molecule has 0 aliphatic carbocycles. The lowest BCUT2D eigenvalue weighted by Gasteiger charge is -2.21. The highest BCUT2D eigenvalue weighted by atomic mass is 31.2. The molecule has 0 spiro atoms. The van der Waals surface area contributed by atoms with Crippen molar-refractivity contribution in [3.63, 3.8) is 0 Å². The Hall–Kier alpha value is -1.94. The van der Waals surface area contributed by atoms with Gasteiger partial charge in [0.1, 0.15) is 19.3 Å². The molecule has 3 N–H and O–H groups in total. The summed E-state index contributed by atoms with van der Waals surface area (Å²) in [6.45, 7) is 4.94. The molecule has 96 heavy (non-hydrogen) atoms. The fourth-order valence-corrected chi connectivity index (χ4v) is 13.5. The van der Waals surface area contributed by atoms with Crippen molar-refractivity contribution in [2.75, 3.05) is 39.6 Å². The summed E-state index contributed by atoms with van der Waals surface area (Å²) < 4.78 is 68.4. The fraction of sp³-hybridized carbons (Fsp3) is 0.948. The molecule has 570 valence electrons. The molecule has 0 aliphatic rings. The van der Waals surface area contributed by atoms with Gasteiger partial charge in [0, 0.05) is 25.7 Å². The number of carbonyl (C=O) groups is 4. The van der Waals surface area contributed by atoms with Gasteiger partial charge in [0.25, 0.3) is 0 Å². The molecule has 0 rings (SSSR count). The average molecular weight is 1410 g/mol. The summed E-state index contributed by atoms with van der Waals surface area (Å²) in [5, 5.41) is 10.6. The Morgan fingerprint density at radius 2 is 0.417 bits per heavy atom. The molecule has 0 bridgehead atoms. The first-order valence-corrected chi connectivity index (χ1v) is 43.3. The molecule has 0 saturated carbocycles. The van der Waals surface area contributed by atoms with E-state index in [1.54, 1.807) is 0 Å². The molecule has 0 fully saturated rings. The highest BCUT2D eigenvalue weighted by molar-refractivity contribution is 7.47. The highest BCUT2D eigenvalue weighted by Gasteiger charge is 2.30. The van der Waals surface area contributed by atoms with Crippen molar-refractivity contribution in [3.8, 4) is 0 Å². The summed E-state index contributed by atoms with van der Waals surface area (Å²) in [7, 11) is -9.90. The van der Waals surface area contributed by atoms with E-state index >= 15 is 0 Å². The second-order valence-electron chi connectivity index (χ2n) is 27.7. The van der Waals surface area contributed by atoms with Crippen molar-refractivity contribution in [3.05, 3.63) is 0 Å². The zero-order valence-corrected chi connectivity index (χ0v) is 64.1. The predicted octanol–water partition coefficient (Wildman–Crippen LogP) is 23.0. The summed E-state index contributed by atoms with van der Waals surface area (Å²) in [5.74, 6) is -2.12. The van der Waals surface area contributed by atoms with Gasteiger partial charge in [-0.2, -0.15) is 0 Å². The van der Waals surface area contributed by atoms with Gasteiger partial charge in [-0.25, -0.2) is 9.13 Å². The second kappa shape index (κ2) is 71.5. The number of carbonyl (C=O) groups excluding carboxylic acids is 4. The molecule has 0 saturated heterocycles. The summed E-state index contributed by atoms with van der Waals surface area (Å²) in [5.41, 5.74) is 0. The molecule has 5 atom stereocenters. The number of rotatable bonds is 78. The van der Waals surface area contributed by atoms with E-state index in [1.165, 1.54) is 238 Å². The van der Waals surface area contributed by atoms with Crippen LogP contribution in [0.25, 0.3) is 0 Å². The zero-order valence-electron chi connectivity index (χ0n) is 62.4. The minimum Gasteiger partial charge on any atom is -0.462 e. The molecule has 0 radical (unpaired) electrons. The first kappa shape index (κ1) is 94.1. The first-order valence-electron chi connectivity index (χ1n) is 40.3. The number of esters is 4. The van der Waals surface area contributed by atoms with E-state index < -0.39 is 97.5 Å². The smallest absolute Gasteiger partial charge is 0.462 e. The second-order valence-corrected chi connectivity index (χ2v) is 30.7. The van der Waals surface area contributed by atoms with Gasteiger partial charge in [0.05, 0.1) is 26.4 Å². The third-order valence-electron chi connectivity index (χ3n) is 18.1. The van der Waals surface area contributed by atoms with Crippen LogP contribution in [0, 0.1) is 0 Å². The molecule has 0 amide bonds. The Bertz CT molecular complexity index is 1830. The van der Waals surface area contributed by atoms with E-state index in [4.69, 9.17) is 37.0 Å². The number of phosphoric acid groups is 2. The van der Waals surface area contributed by atoms with Gasteiger partial charge >= 0.3 is 39.5 Å². The van der Waals surface area contributed by atoms with Crippen molar-refractivity contribution in [1.29, 1.82) is 0 Å². The molecule has 19 heteroatoms. The molecule has 0 aromatic rings. The summed E-state index contributed by atoms with van der Waals surface area (Å²) in [6, 6.07) is 0. The molecule has 0 heterocycles. The Morgan fingerprint density at radius 3 is 0.615 bits per heavy atom. The zero-order chi connectivity index (χ0) is 70.4. The first-order chi connectivity index (χ1) is 46.7. The summed E-state index contributed by atoms with van der Waals surface area (Å²) in [4.78, 5) is 72.6. The number of ether oxygens (including phenoxy) is 4. The third-order valence-corrected chi connectivity index (χ3v) is 20.0. The lowest BCUT2D eigenvalue weighted by molar-refractivity contribution is -0.161. The van der Waals surface area contributed by atoms with Crippen LogP contribution >= 0.6 is 15.6 Å². The van der Waals surface area contributed by atoms with Crippen LogP contribution in [-0.2, 0) is 65.4 Å². The van der Waals surface area contributed by atoms with Crippen LogP contribution in [0.4, 0.5) is 0 Å². The maximum absolute atomic E-state index is 13.1. The molecule has 0 aromatic carbocycles. The van der Waals surface area contributed by atoms with Gasteiger partial charge < -0.3 is 33.8 Å². The average Bonchev–Trinajstić information content (AvgIpc) is 2.03. The monoisotopic (exact) mass is 1410 g/mol. The molecule has 0 aromatic heterocycles. The molecule has 0 aliphatic heterocycles. The van der Waals surface area contributed by atoms with Gasteiger partial charge in [0.15, 0.2) is 12.2 Å². The number of phosphoric ester groups is 2. The number of aliphatic hydroxyl groups excluding tert-OH is 1. The molecule has 17 nitrogen and oxygen atoms in total. The van der Waals surface area contributed by atoms with Crippen LogP contribution in [0.3, 0.4) is 0 Å². The summed E-state index contributed by atoms with van der Waals surface area (Å²) >= 11 is 0. The standard InChI is InChI=1S/C77H150O17P2/c1-5-9-13-17-21-25-27-29-31-33-34-35-36-37-39-41-43-45-48-52-56-60-64-77(82)94-73(68-88-75(80)62-58-54-50-47-44-42-40-38-32-30-28-26-22-18-14-10-6-2)70-92-96(85,86)90-66-71(78)65-89-95(83,84)91-69-72(67-87-74(79)61-57-53-49-24-20-16-12-8-4)93-76(81)63-59-55-51-46-23-19-15-11-7-3/h71-73,78H,5-70H2,1-4H3,(H,83,84)(H,85,86)/t71-,72+,73+/m0/s1. The van der Waals surface area contributed by atoms with Gasteiger partial charge in [-0.1, -0.05) is 362 Å². The topological polar surface area (TPSA) is 237 Å². The van der Waals surface area contributed by atoms with Crippen molar-refractivity contribution in [1.82, 2.24) is 0 Å². The van der Waals surface area contributed by atoms with Crippen LogP contribution in [-0.4, -0.2) is 96.7 Å². The largest absolute Gasteiger partial charge is 0.472 e. The Balaban J connectivity index is 5.14. The van der Waals surface area contributed by atoms with E-state index in [-0.39, 0.29) is 25.7 Å². The SMILES string of the molecule is CCCCCCCCCCCCCCCCCCCCCCCCC(=O)O[C@H](COC(=O)CCCCCCCCCCCCCCCCCCC)COP(=O)(O)OC[C@@H](O)COP(=O)(O)OC[C@@H](COC(=O)CCCCCCCCCC)OC(=O)CCCCCCCCCCC. The third kappa shape index (κ3) is 70.5. The number of unbranched alkanes of at least 4 members (excludes halogenated alkanes) is 52. The van der Waals surface area contributed by atoms with Gasteiger partial charge in [-0.3, -0.25) is 37.3 Å². The number of hydrogen-bond donors (Lipinski definition) is 3. The Kier molecular flexibility index (Phi) is 70.0. The quantitative estimate of drug-likeness (QED) is 0.0222. The van der Waals surface area contributed by atoms with E-state index in [0.29, 0.717) is 25.7 Å². The van der Waals surface area contributed by atoms with Crippen LogP contribution < -0.4 is 0 Å². The minimum absolute atomic E-state index is 0.106. The highest BCUT2D eigenvalue weighted by Crippen LogP contribution is 2.45. The minimum atomic E-state index is -4.96. The predicted molar refractivity (Wildman–Crippen MR) is 391 cm³/mol. The van der Waals surface area contributed by atoms with E-state index in [2.05, 4.69) is 27.7 Å². The molecular weight excluding hydrogens is 1260 g/mol. The van der Waals surface area contributed by atoms with Crippen molar-refractivity contribution in [2.45, 2.75) is 431 Å². The van der Waals surface area contributed by atoms with Gasteiger partial charge in [-0.15, -0.1) is 0 Å². The number of hydrogen-bond acceptors (Lipinski definition) is 15. The lowest BCUT2D eigenvalue weighted by atomic mass is 10.0. The van der Waals surface area contributed by atoms with Crippen LogP contribution in [0.5, 0.6) is 0 Å². The Morgan fingerprint density at radius 1 is 0.250 bits per heavy atom. The normalized spacial score (nSPS) is 13.9. The molecular formula is C77H150O17P2. The van der Waals surface area contributed by atoms with E-state index in [0.717, 1.165) is 96.3 Å². The van der Waals surface area contributed by atoms with E-state index in [9.17, 15) is 43.2 Å². The maximum atomic E-state index is 13.1. The van der Waals surface area contributed by atoms with E-state index in [1.807, 2.05) is 0 Å². The van der Waals surface area contributed by atoms with Crippen molar-refractivity contribution in [2.24, 2.45) is 0 Å². The maximum Gasteiger partial charge on any atom is 0.472 e. The summed E-state index contributed by atoms with van der Waals surface area (Å²) in [6.07, 6.45) is 62.7. The van der Waals surface area contributed by atoms with Crippen molar-refractivity contribution < 1.29 is 80.2 Å². The lowest BCUT2D eigenvalue weighted by Crippen LogP contribution is -2.30. The van der Waals surface area contributed by atoms with Crippen LogP contribution in [0.1, 0.15) is 413 Å². The van der Waals surface area contributed by atoms with Crippen LogP contribution in [0.15, 0.2) is 0 Å². The van der Waals surface area contributed by atoms with Gasteiger partial charge in [0.2, 0.25) is 0 Å². The fourth-order valence-electron chi connectivity index (χ4n) is 11.9. The van der Waals surface area contributed by atoms with Crippen LogP contribution in [0.2, 0.25) is 0 Å². The van der Waals surface area contributed by atoms with Gasteiger partial charge in [-0.05, 0) is 25.7 Å². The Labute approximate surface area is 588 Å². The number of aliphatic hydroxyl groups is 1. The molecule has 2 unspecified atom stereocenters.